The summed E-state index contributed by atoms with van der Waals surface area (Å²) in [5, 5.41) is 1.11. The highest BCUT2D eigenvalue weighted by Gasteiger charge is 2.13. The third-order valence-electron chi connectivity index (χ3n) is 5.21. The van der Waals surface area contributed by atoms with E-state index in [0.29, 0.717) is 0 Å². The zero-order valence-electron chi connectivity index (χ0n) is 15.2. The number of hydrogen-bond acceptors (Lipinski definition) is 2. The summed E-state index contributed by atoms with van der Waals surface area (Å²) in [6.07, 6.45) is 4.18. The molecule has 0 saturated heterocycles. The monoisotopic (exact) mass is 344 g/mol. The first-order valence-electron chi connectivity index (χ1n) is 9.34. The molecule has 4 rings (SSSR count). The van der Waals surface area contributed by atoms with Gasteiger partial charge in [-0.05, 0) is 47.1 Å². The molecule has 0 radical (unpaired) electrons. The second-order valence-corrected chi connectivity index (χ2v) is 6.98. The zero-order chi connectivity index (χ0) is 17.9. The van der Waals surface area contributed by atoms with Gasteiger partial charge in [-0.15, -0.1) is 0 Å². The van der Waals surface area contributed by atoms with Crippen LogP contribution in [0, 0.1) is 0 Å². The normalized spacial score (nSPS) is 15.2. The Morgan fingerprint density at radius 2 is 1.92 bits per heavy atom. The molecule has 3 nitrogen and oxygen atoms in total. The molecular formula is C23H24N2O. The Bertz CT molecular complexity index is 1000. The van der Waals surface area contributed by atoms with Crippen LogP contribution in [0.4, 0.5) is 0 Å². The van der Waals surface area contributed by atoms with Gasteiger partial charge in [0.1, 0.15) is 0 Å². The number of fused-ring (bicyclic) bond motifs is 1. The van der Waals surface area contributed by atoms with E-state index >= 15 is 0 Å². The molecule has 0 fully saturated rings. The van der Waals surface area contributed by atoms with Crippen molar-refractivity contribution in [3.05, 3.63) is 87.7 Å². The van der Waals surface area contributed by atoms with Crippen molar-refractivity contribution in [1.82, 2.24) is 9.88 Å². The summed E-state index contributed by atoms with van der Waals surface area (Å²) in [6, 6.07) is 19.1. The van der Waals surface area contributed by atoms with Crippen molar-refractivity contribution >= 4 is 16.5 Å². The van der Waals surface area contributed by atoms with Gasteiger partial charge >= 0.3 is 0 Å². The van der Waals surface area contributed by atoms with Crippen LogP contribution in [-0.2, 0) is 13.0 Å². The maximum Gasteiger partial charge on any atom is 0.251 e. The van der Waals surface area contributed by atoms with Crippen molar-refractivity contribution in [2.24, 2.45) is 0 Å². The van der Waals surface area contributed by atoms with Gasteiger partial charge in [-0.3, -0.25) is 9.69 Å². The highest BCUT2D eigenvalue weighted by Crippen LogP contribution is 2.23. The summed E-state index contributed by atoms with van der Waals surface area (Å²) >= 11 is 0. The van der Waals surface area contributed by atoms with Crippen LogP contribution in [0.15, 0.2) is 65.5 Å². The lowest BCUT2D eigenvalue weighted by molar-refractivity contribution is 0.294. The van der Waals surface area contributed by atoms with E-state index in [0.717, 1.165) is 48.9 Å². The van der Waals surface area contributed by atoms with Crippen LogP contribution in [0.2, 0.25) is 0 Å². The lowest BCUT2D eigenvalue weighted by atomic mass is 9.99. The van der Waals surface area contributed by atoms with Crippen molar-refractivity contribution in [3.63, 3.8) is 0 Å². The average molecular weight is 344 g/mol. The average Bonchev–Trinajstić information content (AvgIpc) is 2.69. The molecule has 2 aromatic carbocycles. The number of pyridine rings is 1. The second kappa shape index (κ2) is 7.30. The van der Waals surface area contributed by atoms with E-state index in [1.165, 1.54) is 16.7 Å². The maximum absolute atomic E-state index is 12.1. The second-order valence-electron chi connectivity index (χ2n) is 6.98. The molecule has 3 heteroatoms. The molecule has 1 aliphatic heterocycles. The number of aromatic nitrogens is 1. The van der Waals surface area contributed by atoms with Crippen LogP contribution in [0.1, 0.15) is 30.0 Å². The first-order chi connectivity index (χ1) is 12.7. The number of nitrogens with zero attached hydrogens (tertiary/aromatic N) is 1. The fourth-order valence-corrected chi connectivity index (χ4v) is 3.68. The minimum Gasteiger partial charge on any atom is -0.322 e. The van der Waals surface area contributed by atoms with Gasteiger partial charge in [0, 0.05) is 30.7 Å². The largest absolute Gasteiger partial charge is 0.322 e. The van der Waals surface area contributed by atoms with E-state index in [1.54, 1.807) is 0 Å². The minimum atomic E-state index is 0.0329. The van der Waals surface area contributed by atoms with Crippen molar-refractivity contribution in [2.75, 3.05) is 13.1 Å². The third kappa shape index (κ3) is 3.49. The van der Waals surface area contributed by atoms with E-state index in [9.17, 15) is 4.79 Å². The fraction of sp³-hybridized carbons (Fsp3) is 0.261. The summed E-state index contributed by atoms with van der Waals surface area (Å²) in [5.41, 5.74) is 5.83. The molecule has 0 amide bonds. The first kappa shape index (κ1) is 16.8. The molecule has 0 atom stereocenters. The predicted octanol–water partition coefficient (Wildman–Crippen LogP) is 4.38. The predicted molar refractivity (Wildman–Crippen MR) is 108 cm³/mol. The van der Waals surface area contributed by atoms with Crippen molar-refractivity contribution in [1.29, 1.82) is 0 Å². The van der Waals surface area contributed by atoms with E-state index in [2.05, 4.69) is 64.5 Å². The van der Waals surface area contributed by atoms with Gasteiger partial charge < -0.3 is 4.98 Å². The number of hydrogen-bond donors (Lipinski definition) is 1. The maximum atomic E-state index is 12.1. The lowest BCUT2D eigenvalue weighted by Crippen LogP contribution is -2.28. The Hall–Kier alpha value is -2.65. The van der Waals surface area contributed by atoms with Crippen LogP contribution in [0.3, 0.4) is 0 Å². The van der Waals surface area contributed by atoms with Crippen LogP contribution in [0.25, 0.3) is 16.5 Å². The van der Waals surface area contributed by atoms with Crippen LogP contribution < -0.4 is 5.56 Å². The molecule has 3 aromatic rings. The number of nitrogens with one attached hydrogen (secondary N) is 1. The Kier molecular flexibility index (Phi) is 4.72. The highest BCUT2D eigenvalue weighted by molar-refractivity contribution is 5.79. The summed E-state index contributed by atoms with van der Waals surface area (Å²) < 4.78 is 0. The number of H-pyrrole nitrogens is 1. The van der Waals surface area contributed by atoms with Gasteiger partial charge in [-0.25, -0.2) is 0 Å². The molecule has 1 N–H and O–H groups in total. The Labute approximate surface area is 154 Å². The van der Waals surface area contributed by atoms with Crippen LogP contribution in [-0.4, -0.2) is 23.0 Å². The quantitative estimate of drug-likeness (QED) is 0.762. The van der Waals surface area contributed by atoms with Gasteiger partial charge in [-0.2, -0.15) is 0 Å². The minimum absolute atomic E-state index is 0.0329. The van der Waals surface area contributed by atoms with Crippen molar-refractivity contribution < 1.29 is 0 Å². The summed E-state index contributed by atoms with van der Waals surface area (Å²) in [4.78, 5) is 17.5. The molecule has 0 unspecified atom stereocenters. The number of rotatable bonds is 4. The van der Waals surface area contributed by atoms with Gasteiger partial charge in [0.05, 0.1) is 0 Å². The van der Waals surface area contributed by atoms with Crippen molar-refractivity contribution in [2.45, 2.75) is 26.3 Å². The highest BCUT2D eigenvalue weighted by atomic mass is 16.1. The molecule has 0 bridgehead atoms. The molecule has 26 heavy (non-hydrogen) atoms. The Balaban J connectivity index is 1.50. The van der Waals surface area contributed by atoms with Crippen LogP contribution in [0.5, 0.6) is 0 Å². The topological polar surface area (TPSA) is 36.1 Å². The number of benzene rings is 2. The van der Waals surface area contributed by atoms with Crippen LogP contribution >= 0.6 is 0 Å². The molecule has 132 valence electrons. The zero-order valence-corrected chi connectivity index (χ0v) is 15.2. The van der Waals surface area contributed by atoms with Crippen molar-refractivity contribution in [3.8, 4) is 0 Å². The van der Waals surface area contributed by atoms with Gasteiger partial charge in [-0.1, -0.05) is 55.5 Å². The van der Waals surface area contributed by atoms with Gasteiger partial charge in [0.2, 0.25) is 0 Å². The summed E-state index contributed by atoms with van der Waals surface area (Å²) in [7, 11) is 0. The van der Waals surface area contributed by atoms with E-state index in [1.807, 2.05) is 13.0 Å². The number of aryl methyl sites for hydroxylation is 1. The van der Waals surface area contributed by atoms with Gasteiger partial charge in [0.25, 0.3) is 5.56 Å². The standard InChI is InChI=1S/C23H24N2O/c1-2-18-15-21-9-8-17(14-22(21)24-23(18)26)16-25-12-10-20(11-13-25)19-6-4-3-5-7-19/h3-10,14-15H,2,11-13,16H2,1H3,(H,24,26). The molecule has 1 aromatic heterocycles. The SMILES string of the molecule is CCc1cc2ccc(CN3CC=C(c4ccccc4)CC3)cc2[nH]c1=O. The lowest BCUT2D eigenvalue weighted by Gasteiger charge is -2.26. The smallest absolute Gasteiger partial charge is 0.251 e. The third-order valence-corrected chi connectivity index (χ3v) is 5.21. The first-order valence-corrected chi connectivity index (χ1v) is 9.34. The van der Waals surface area contributed by atoms with E-state index < -0.39 is 0 Å². The molecular weight excluding hydrogens is 320 g/mol. The fourth-order valence-electron chi connectivity index (χ4n) is 3.68. The molecule has 0 spiro atoms. The van der Waals surface area contributed by atoms with E-state index in [4.69, 9.17) is 0 Å². The van der Waals surface area contributed by atoms with Gasteiger partial charge in [0.15, 0.2) is 0 Å². The Morgan fingerprint density at radius 1 is 1.08 bits per heavy atom. The number of aromatic amines is 1. The molecule has 1 aliphatic rings. The van der Waals surface area contributed by atoms with E-state index in [-0.39, 0.29) is 5.56 Å². The summed E-state index contributed by atoms with van der Waals surface area (Å²) in [5.74, 6) is 0. The molecule has 2 heterocycles. The Morgan fingerprint density at radius 3 is 2.65 bits per heavy atom. The molecule has 0 saturated carbocycles. The molecule has 0 aliphatic carbocycles. The summed E-state index contributed by atoms with van der Waals surface area (Å²) in [6.45, 7) is 4.95.